The molecule has 0 aliphatic heterocycles. The molecule has 23 heavy (non-hydrogen) atoms. The molecule has 0 N–H and O–H groups in total. The summed E-state index contributed by atoms with van der Waals surface area (Å²) in [7, 11) is 0. The van der Waals surface area contributed by atoms with E-state index in [1.165, 1.54) is 0 Å². The summed E-state index contributed by atoms with van der Waals surface area (Å²) in [5.41, 5.74) is 1.42. The van der Waals surface area contributed by atoms with Crippen LogP contribution < -0.4 is 0 Å². The summed E-state index contributed by atoms with van der Waals surface area (Å²) in [6.07, 6.45) is 3.46. The average Bonchev–Trinajstić information content (AvgIpc) is 2.95. The van der Waals surface area contributed by atoms with Crippen molar-refractivity contribution in [1.82, 2.24) is 10.1 Å². The van der Waals surface area contributed by atoms with Crippen molar-refractivity contribution in [1.29, 1.82) is 0 Å². The third-order valence-corrected chi connectivity index (χ3v) is 4.09. The van der Waals surface area contributed by atoms with Crippen LogP contribution in [0.15, 0.2) is 40.9 Å². The standard InChI is InChI=1S/C16H8Cl4N2O/c17-10-3-1-9(13(19)7-10)2-6-15-21-16(23-22-15)12-5-4-11(18)8-14(12)20/h1-8H. The quantitative estimate of drug-likeness (QED) is 0.515. The maximum Gasteiger partial charge on any atom is 0.259 e. The van der Waals surface area contributed by atoms with Crippen LogP contribution in [0.4, 0.5) is 0 Å². The normalized spacial score (nSPS) is 11.3. The van der Waals surface area contributed by atoms with Gasteiger partial charge < -0.3 is 4.52 Å². The van der Waals surface area contributed by atoms with E-state index in [0.29, 0.717) is 37.4 Å². The Morgan fingerprint density at radius 1 is 0.826 bits per heavy atom. The first-order chi connectivity index (χ1) is 11.0. The molecule has 116 valence electrons. The highest BCUT2D eigenvalue weighted by molar-refractivity contribution is 6.36. The molecule has 3 rings (SSSR count). The topological polar surface area (TPSA) is 38.9 Å². The number of hydrogen-bond acceptors (Lipinski definition) is 3. The Kier molecular flexibility index (Phi) is 4.93. The Morgan fingerprint density at radius 2 is 1.52 bits per heavy atom. The van der Waals surface area contributed by atoms with Crippen LogP contribution in [0.1, 0.15) is 11.4 Å². The second-order valence-corrected chi connectivity index (χ2v) is 6.27. The fraction of sp³-hybridized carbons (Fsp3) is 0. The molecule has 0 bridgehead atoms. The second kappa shape index (κ2) is 6.93. The van der Waals surface area contributed by atoms with Gasteiger partial charge >= 0.3 is 0 Å². The van der Waals surface area contributed by atoms with Crippen molar-refractivity contribution in [3.05, 3.63) is 67.9 Å². The Hall–Kier alpha value is -1.52. The van der Waals surface area contributed by atoms with Crippen LogP contribution in [0.25, 0.3) is 23.6 Å². The fourth-order valence-corrected chi connectivity index (χ4v) is 2.84. The van der Waals surface area contributed by atoms with Crippen molar-refractivity contribution in [2.24, 2.45) is 0 Å². The van der Waals surface area contributed by atoms with Gasteiger partial charge in [0.15, 0.2) is 5.82 Å². The van der Waals surface area contributed by atoms with Gasteiger partial charge in [-0.15, -0.1) is 0 Å². The van der Waals surface area contributed by atoms with E-state index in [4.69, 9.17) is 50.9 Å². The Labute approximate surface area is 152 Å². The van der Waals surface area contributed by atoms with E-state index in [0.717, 1.165) is 5.56 Å². The summed E-state index contributed by atoms with van der Waals surface area (Å²) in [4.78, 5) is 4.27. The summed E-state index contributed by atoms with van der Waals surface area (Å²) < 4.78 is 5.22. The minimum atomic E-state index is 0.313. The minimum absolute atomic E-state index is 0.313. The molecule has 7 heteroatoms. The van der Waals surface area contributed by atoms with E-state index in [9.17, 15) is 0 Å². The van der Waals surface area contributed by atoms with Crippen LogP contribution in [-0.2, 0) is 0 Å². The van der Waals surface area contributed by atoms with Crippen LogP contribution in [0.3, 0.4) is 0 Å². The highest BCUT2D eigenvalue weighted by Gasteiger charge is 2.11. The average molecular weight is 386 g/mol. The van der Waals surface area contributed by atoms with Crippen LogP contribution in [-0.4, -0.2) is 10.1 Å². The van der Waals surface area contributed by atoms with Gasteiger partial charge in [-0.3, -0.25) is 0 Å². The smallest absolute Gasteiger partial charge is 0.259 e. The van der Waals surface area contributed by atoms with Crippen molar-refractivity contribution in [2.75, 3.05) is 0 Å². The lowest BCUT2D eigenvalue weighted by Crippen LogP contribution is -1.81. The van der Waals surface area contributed by atoms with E-state index in [-0.39, 0.29) is 0 Å². The lowest BCUT2D eigenvalue weighted by atomic mass is 10.2. The van der Waals surface area contributed by atoms with Crippen LogP contribution in [0, 0.1) is 0 Å². The van der Waals surface area contributed by atoms with E-state index in [1.807, 2.05) is 0 Å². The molecule has 0 atom stereocenters. The summed E-state index contributed by atoms with van der Waals surface area (Å²) in [5.74, 6) is 0.713. The third kappa shape index (κ3) is 3.88. The van der Waals surface area contributed by atoms with Gasteiger partial charge in [-0.25, -0.2) is 0 Å². The molecule has 0 amide bonds. The van der Waals surface area contributed by atoms with Crippen molar-refractivity contribution in [3.63, 3.8) is 0 Å². The SMILES string of the molecule is Clc1ccc(C=Cc2noc(-c3ccc(Cl)cc3Cl)n2)c(Cl)c1. The molecule has 2 aromatic carbocycles. The van der Waals surface area contributed by atoms with Crippen LogP contribution in [0.2, 0.25) is 20.1 Å². The molecule has 0 saturated carbocycles. The zero-order valence-corrected chi connectivity index (χ0v) is 14.5. The molecular formula is C16H8Cl4N2O. The van der Waals surface area contributed by atoms with Gasteiger partial charge in [0.1, 0.15) is 0 Å². The van der Waals surface area contributed by atoms with Gasteiger partial charge in [-0.2, -0.15) is 4.98 Å². The first-order valence-corrected chi connectivity index (χ1v) is 7.96. The lowest BCUT2D eigenvalue weighted by molar-refractivity contribution is 0.429. The highest BCUT2D eigenvalue weighted by atomic mass is 35.5. The van der Waals surface area contributed by atoms with Crippen LogP contribution in [0.5, 0.6) is 0 Å². The maximum atomic E-state index is 6.12. The first kappa shape index (κ1) is 16.3. The molecular weight excluding hydrogens is 378 g/mol. The minimum Gasteiger partial charge on any atom is -0.334 e. The van der Waals surface area contributed by atoms with Crippen molar-refractivity contribution in [2.45, 2.75) is 0 Å². The molecule has 3 aromatic rings. The zero-order chi connectivity index (χ0) is 16.4. The molecule has 0 saturated heterocycles. The van der Waals surface area contributed by atoms with Gasteiger partial charge in [-0.05, 0) is 48.0 Å². The highest BCUT2D eigenvalue weighted by Crippen LogP contribution is 2.29. The fourth-order valence-electron chi connectivity index (χ4n) is 1.88. The van der Waals surface area contributed by atoms with Gasteiger partial charge in [-0.1, -0.05) is 57.6 Å². The lowest BCUT2D eigenvalue weighted by Gasteiger charge is -1.98. The monoisotopic (exact) mass is 384 g/mol. The van der Waals surface area contributed by atoms with Gasteiger partial charge in [0.25, 0.3) is 5.89 Å². The summed E-state index contributed by atoms with van der Waals surface area (Å²) in [6.45, 7) is 0. The molecule has 1 aromatic heterocycles. The number of nitrogens with zero attached hydrogens (tertiary/aromatic N) is 2. The Bertz CT molecular complexity index is 890. The Balaban J connectivity index is 1.86. The number of benzene rings is 2. The summed E-state index contributed by atoms with van der Waals surface area (Å²) in [5, 5.41) is 5.98. The molecule has 0 fully saturated rings. The van der Waals surface area contributed by atoms with E-state index < -0.39 is 0 Å². The first-order valence-electron chi connectivity index (χ1n) is 6.45. The predicted octanol–water partition coefficient (Wildman–Crippen LogP) is 6.52. The Morgan fingerprint density at radius 3 is 2.22 bits per heavy atom. The molecule has 0 radical (unpaired) electrons. The molecule has 1 heterocycles. The number of rotatable bonds is 3. The largest absolute Gasteiger partial charge is 0.334 e. The predicted molar refractivity (Wildman–Crippen MR) is 95.1 cm³/mol. The van der Waals surface area contributed by atoms with Crippen molar-refractivity contribution >= 4 is 58.6 Å². The van der Waals surface area contributed by atoms with Crippen molar-refractivity contribution < 1.29 is 4.52 Å². The van der Waals surface area contributed by atoms with Crippen molar-refractivity contribution in [3.8, 4) is 11.5 Å². The summed E-state index contributed by atoms with van der Waals surface area (Å²) in [6, 6.07) is 10.3. The summed E-state index contributed by atoms with van der Waals surface area (Å²) >= 11 is 24.0. The van der Waals surface area contributed by atoms with E-state index >= 15 is 0 Å². The maximum absolute atomic E-state index is 6.12. The molecule has 0 aliphatic carbocycles. The number of hydrogen-bond donors (Lipinski definition) is 0. The number of halogens is 4. The molecule has 3 nitrogen and oxygen atoms in total. The van der Waals surface area contributed by atoms with E-state index in [1.54, 1.807) is 48.6 Å². The second-order valence-electron chi connectivity index (χ2n) is 4.58. The molecule has 0 spiro atoms. The molecule has 0 aliphatic rings. The van der Waals surface area contributed by atoms with E-state index in [2.05, 4.69) is 10.1 Å². The van der Waals surface area contributed by atoms with Gasteiger partial charge in [0.2, 0.25) is 0 Å². The van der Waals surface area contributed by atoms with Crippen LogP contribution >= 0.6 is 46.4 Å². The zero-order valence-electron chi connectivity index (χ0n) is 11.4. The van der Waals surface area contributed by atoms with Gasteiger partial charge in [0, 0.05) is 15.1 Å². The number of aromatic nitrogens is 2. The third-order valence-electron chi connectivity index (χ3n) is 2.98. The molecule has 0 unspecified atom stereocenters. The van der Waals surface area contributed by atoms with Gasteiger partial charge in [0.05, 0.1) is 10.6 Å².